The first-order chi connectivity index (χ1) is 10.1. The second-order valence-corrected chi connectivity index (χ2v) is 4.84. The Hall–Kier alpha value is -2.41. The van der Waals surface area contributed by atoms with Gasteiger partial charge in [0.1, 0.15) is 5.69 Å². The third kappa shape index (κ3) is 4.03. The molecule has 108 valence electrons. The molecular weight excluding hydrogens is 338 g/mol. The van der Waals surface area contributed by atoms with E-state index in [1.54, 1.807) is 42.6 Å². The molecule has 0 saturated heterocycles. The van der Waals surface area contributed by atoms with Crippen LogP contribution in [0.1, 0.15) is 10.5 Å². The van der Waals surface area contributed by atoms with Gasteiger partial charge in [0, 0.05) is 22.0 Å². The van der Waals surface area contributed by atoms with Crippen LogP contribution in [0.4, 0.5) is 16.2 Å². The van der Waals surface area contributed by atoms with Crippen LogP contribution in [-0.2, 0) is 4.74 Å². The number of methoxy groups -OCH3 is 1. The molecule has 6 nitrogen and oxygen atoms in total. The predicted octanol–water partition coefficient (Wildman–Crippen LogP) is 3.27. The second kappa shape index (κ2) is 6.85. The molecule has 2 amide bonds. The first-order valence-corrected chi connectivity index (χ1v) is 6.76. The van der Waals surface area contributed by atoms with E-state index >= 15 is 0 Å². The van der Waals surface area contributed by atoms with Crippen molar-refractivity contribution in [3.63, 3.8) is 0 Å². The van der Waals surface area contributed by atoms with Gasteiger partial charge in [-0.1, -0.05) is 0 Å². The minimum absolute atomic E-state index is 0.300. The van der Waals surface area contributed by atoms with Crippen molar-refractivity contribution in [2.24, 2.45) is 0 Å². The number of anilines is 2. The minimum atomic E-state index is -0.552. The van der Waals surface area contributed by atoms with Gasteiger partial charge in [-0.2, -0.15) is 0 Å². The van der Waals surface area contributed by atoms with Gasteiger partial charge in [0.15, 0.2) is 0 Å². The van der Waals surface area contributed by atoms with Crippen molar-refractivity contribution in [1.82, 2.24) is 4.98 Å². The quantitative estimate of drug-likeness (QED) is 0.890. The predicted molar refractivity (Wildman–Crippen MR) is 82.4 cm³/mol. The fraction of sp³-hybridized carbons (Fsp3) is 0.0714. The molecule has 0 atom stereocenters. The van der Waals surface area contributed by atoms with Gasteiger partial charge in [0.2, 0.25) is 0 Å². The molecule has 0 unspecified atom stereocenters. The molecule has 2 N–H and O–H groups in total. The lowest BCUT2D eigenvalue weighted by atomic mass is 10.2. The number of nitrogens with zero attached hydrogens (tertiary/aromatic N) is 1. The summed E-state index contributed by atoms with van der Waals surface area (Å²) in [4.78, 5) is 27.1. The summed E-state index contributed by atoms with van der Waals surface area (Å²) in [6.45, 7) is 0. The number of hydrogen-bond donors (Lipinski definition) is 2. The molecule has 2 aromatic rings. The summed E-state index contributed by atoms with van der Waals surface area (Å²) in [6.07, 6.45) is 0.993. The highest BCUT2D eigenvalue weighted by Crippen LogP contribution is 2.17. The van der Waals surface area contributed by atoms with Crippen LogP contribution in [0.5, 0.6) is 0 Å². The van der Waals surface area contributed by atoms with Crippen LogP contribution in [-0.4, -0.2) is 24.1 Å². The summed E-state index contributed by atoms with van der Waals surface area (Å²) in [6, 6.07) is 10.1. The van der Waals surface area contributed by atoms with Gasteiger partial charge < -0.3 is 10.1 Å². The van der Waals surface area contributed by atoms with Crippen molar-refractivity contribution >= 4 is 39.3 Å². The van der Waals surface area contributed by atoms with E-state index in [0.717, 1.165) is 0 Å². The molecule has 1 aromatic carbocycles. The Bertz CT molecular complexity index is 659. The maximum Gasteiger partial charge on any atom is 0.411 e. The van der Waals surface area contributed by atoms with Crippen LogP contribution in [0.3, 0.4) is 0 Å². The highest BCUT2D eigenvalue weighted by Gasteiger charge is 2.11. The zero-order chi connectivity index (χ0) is 15.2. The van der Waals surface area contributed by atoms with E-state index in [1.807, 2.05) is 0 Å². The molecule has 0 aliphatic carbocycles. The number of rotatable bonds is 3. The number of carbonyl (C=O) groups excluding carboxylic acids is 2. The number of hydrogen-bond acceptors (Lipinski definition) is 4. The highest BCUT2D eigenvalue weighted by atomic mass is 79.9. The molecule has 0 spiro atoms. The van der Waals surface area contributed by atoms with Gasteiger partial charge in [0.25, 0.3) is 5.91 Å². The summed E-state index contributed by atoms with van der Waals surface area (Å²) in [5.74, 6) is -0.323. The number of carbonyl (C=O) groups is 2. The van der Waals surface area contributed by atoms with Crippen molar-refractivity contribution < 1.29 is 14.3 Å². The molecule has 0 radical (unpaired) electrons. The lowest BCUT2D eigenvalue weighted by molar-refractivity contribution is 0.102. The molecule has 1 heterocycles. The maximum absolute atomic E-state index is 12.1. The van der Waals surface area contributed by atoms with Crippen molar-refractivity contribution in [3.8, 4) is 0 Å². The molecule has 7 heteroatoms. The van der Waals surface area contributed by atoms with E-state index in [1.165, 1.54) is 7.11 Å². The molecule has 0 aliphatic rings. The van der Waals surface area contributed by atoms with Crippen molar-refractivity contribution in [2.75, 3.05) is 17.7 Å². The number of ether oxygens (including phenoxy) is 1. The Kier molecular flexibility index (Phi) is 4.89. The monoisotopic (exact) mass is 349 g/mol. The summed E-state index contributed by atoms with van der Waals surface area (Å²) in [5, 5.41) is 5.24. The molecule has 21 heavy (non-hydrogen) atoms. The first kappa shape index (κ1) is 15.0. The summed E-state index contributed by atoms with van der Waals surface area (Å²) in [7, 11) is 1.29. The van der Waals surface area contributed by atoms with Crippen LogP contribution in [0.2, 0.25) is 0 Å². The number of pyridine rings is 1. The second-order valence-electron chi connectivity index (χ2n) is 3.98. The average Bonchev–Trinajstić information content (AvgIpc) is 2.49. The lowest BCUT2D eigenvalue weighted by Gasteiger charge is -2.07. The Morgan fingerprint density at radius 3 is 2.29 bits per heavy atom. The number of halogens is 1. The minimum Gasteiger partial charge on any atom is -0.453 e. The normalized spacial score (nSPS) is 9.81. The van der Waals surface area contributed by atoms with E-state index in [9.17, 15) is 9.59 Å². The molecule has 0 saturated carbocycles. The SMILES string of the molecule is COC(=O)Nc1ccc(NC(=O)c2ncccc2Br)cc1. The fourth-order valence-electron chi connectivity index (χ4n) is 1.55. The smallest absolute Gasteiger partial charge is 0.411 e. The Labute approximate surface area is 129 Å². The first-order valence-electron chi connectivity index (χ1n) is 5.97. The molecular formula is C14H12BrN3O3. The van der Waals surface area contributed by atoms with E-state index < -0.39 is 6.09 Å². The van der Waals surface area contributed by atoms with Gasteiger partial charge in [-0.3, -0.25) is 10.1 Å². The van der Waals surface area contributed by atoms with E-state index in [0.29, 0.717) is 21.5 Å². The fourth-order valence-corrected chi connectivity index (χ4v) is 1.98. The average molecular weight is 350 g/mol. The number of nitrogens with one attached hydrogen (secondary N) is 2. The Balaban J connectivity index is 2.05. The standard InChI is InChI=1S/C14H12BrN3O3/c1-21-14(20)18-10-6-4-9(5-7-10)17-13(19)12-11(15)3-2-8-16-12/h2-8H,1H3,(H,17,19)(H,18,20). The Morgan fingerprint density at radius 1 is 1.10 bits per heavy atom. The van der Waals surface area contributed by atoms with Gasteiger partial charge in [-0.15, -0.1) is 0 Å². The van der Waals surface area contributed by atoms with Crippen LogP contribution < -0.4 is 10.6 Å². The van der Waals surface area contributed by atoms with E-state index in [4.69, 9.17) is 0 Å². The summed E-state index contributed by atoms with van der Waals surface area (Å²) < 4.78 is 5.10. The van der Waals surface area contributed by atoms with Crippen LogP contribution in [0.15, 0.2) is 47.1 Å². The third-order valence-electron chi connectivity index (χ3n) is 2.55. The third-order valence-corrected chi connectivity index (χ3v) is 3.19. The lowest BCUT2D eigenvalue weighted by Crippen LogP contribution is -2.14. The van der Waals surface area contributed by atoms with Crippen LogP contribution in [0.25, 0.3) is 0 Å². The van der Waals surface area contributed by atoms with Gasteiger partial charge in [0.05, 0.1) is 7.11 Å². The topological polar surface area (TPSA) is 80.3 Å². The van der Waals surface area contributed by atoms with Crippen molar-refractivity contribution in [2.45, 2.75) is 0 Å². The van der Waals surface area contributed by atoms with Gasteiger partial charge in [-0.25, -0.2) is 9.78 Å². The molecule has 0 fully saturated rings. The van der Waals surface area contributed by atoms with Gasteiger partial charge >= 0.3 is 6.09 Å². The number of amides is 2. The van der Waals surface area contributed by atoms with Crippen molar-refractivity contribution in [3.05, 3.63) is 52.8 Å². The van der Waals surface area contributed by atoms with Crippen LogP contribution >= 0.6 is 15.9 Å². The number of benzene rings is 1. The molecule has 0 aliphatic heterocycles. The summed E-state index contributed by atoms with van der Waals surface area (Å²) in [5.41, 5.74) is 1.46. The molecule has 0 bridgehead atoms. The van der Waals surface area contributed by atoms with Crippen LogP contribution in [0, 0.1) is 0 Å². The zero-order valence-electron chi connectivity index (χ0n) is 11.1. The summed E-state index contributed by atoms with van der Waals surface area (Å²) >= 11 is 3.27. The number of aromatic nitrogens is 1. The zero-order valence-corrected chi connectivity index (χ0v) is 12.7. The largest absolute Gasteiger partial charge is 0.453 e. The van der Waals surface area contributed by atoms with Gasteiger partial charge in [-0.05, 0) is 52.3 Å². The van der Waals surface area contributed by atoms with E-state index in [-0.39, 0.29) is 5.91 Å². The van der Waals surface area contributed by atoms with Crippen molar-refractivity contribution in [1.29, 1.82) is 0 Å². The Morgan fingerprint density at radius 2 is 1.71 bits per heavy atom. The molecule has 1 aromatic heterocycles. The maximum atomic E-state index is 12.1. The van der Waals surface area contributed by atoms with E-state index in [2.05, 4.69) is 36.3 Å². The highest BCUT2D eigenvalue weighted by molar-refractivity contribution is 9.10. The molecule has 2 rings (SSSR count).